The van der Waals surface area contributed by atoms with Gasteiger partial charge in [-0.05, 0) is 47.2 Å². The van der Waals surface area contributed by atoms with Crippen molar-refractivity contribution in [2.24, 2.45) is 0 Å². The number of hydrogen-bond donors (Lipinski definition) is 1. The van der Waals surface area contributed by atoms with Crippen LogP contribution in [0.25, 0.3) is 0 Å². The van der Waals surface area contributed by atoms with Crippen molar-refractivity contribution in [2.45, 2.75) is 44.4 Å². The molecule has 0 unspecified atom stereocenters. The summed E-state index contributed by atoms with van der Waals surface area (Å²) in [5.41, 5.74) is 3.46. The van der Waals surface area contributed by atoms with Gasteiger partial charge in [-0.25, -0.2) is 8.42 Å². The van der Waals surface area contributed by atoms with Gasteiger partial charge in [0.15, 0.2) is 9.84 Å². The Labute approximate surface area is 150 Å². The molecule has 0 aliphatic carbocycles. The zero-order chi connectivity index (χ0) is 18.8. The highest BCUT2D eigenvalue weighted by atomic mass is 32.2. The maximum Gasteiger partial charge on any atom is 0.255 e. The van der Waals surface area contributed by atoms with Crippen molar-refractivity contribution in [1.82, 2.24) is 0 Å². The minimum absolute atomic E-state index is 0.203. The van der Waals surface area contributed by atoms with Crippen LogP contribution in [0.1, 0.15) is 61.0 Å². The van der Waals surface area contributed by atoms with Crippen molar-refractivity contribution in [1.29, 1.82) is 0 Å². The van der Waals surface area contributed by atoms with Gasteiger partial charge in [0, 0.05) is 17.5 Å². The molecule has 0 bridgehead atoms. The molecule has 0 aliphatic rings. The summed E-state index contributed by atoms with van der Waals surface area (Å²) in [4.78, 5) is 12.9. The van der Waals surface area contributed by atoms with E-state index < -0.39 is 9.84 Å². The Kier molecular flexibility index (Phi) is 5.68. The van der Waals surface area contributed by atoms with E-state index >= 15 is 0 Å². The van der Waals surface area contributed by atoms with E-state index in [4.69, 9.17) is 0 Å². The second kappa shape index (κ2) is 7.40. The van der Waals surface area contributed by atoms with Crippen molar-refractivity contribution in [3.8, 4) is 0 Å². The second-order valence-corrected chi connectivity index (χ2v) is 8.89. The molecule has 25 heavy (non-hydrogen) atoms. The number of para-hydroxylation sites is 1. The third-order valence-corrected chi connectivity index (χ3v) is 5.28. The van der Waals surface area contributed by atoms with Crippen LogP contribution in [0.15, 0.2) is 47.4 Å². The van der Waals surface area contributed by atoms with E-state index in [9.17, 15) is 13.2 Å². The van der Waals surface area contributed by atoms with E-state index in [1.165, 1.54) is 12.1 Å². The Hall–Kier alpha value is -2.14. The van der Waals surface area contributed by atoms with E-state index in [-0.39, 0.29) is 22.6 Å². The highest BCUT2D eigenvalue weighted by Gasteiger charge is 2.17. The molecule has 0 radical (unpaired) electrons. The molecule has 2 aromatic carbocycles. The van der Waals surface area contributed by atoms with E-state index in [0.717, 1.165) is 23.1 Å². The van der Waals surface area contributed by atoms with Gasteiger partial charge in [0.25, 0.3) is 5.91 Å². The van der Waals surface area contributed by atoms with Crippen LogP contribution in [0.5, 0.6) is 0 Å². The van der Waals surface area contributed by atoms with E-state index in [1.54, 1.807) is 12.1 Å². The molecule has 0 aromatic heterocycles. The van der Waals surface area contributed by atoms with Crippen molar-refractivity contribution in [3.63, 3.8) is 0 Å². The Morgan fingerprint density at radius 3 is 1.76 bits per heavy atom. The predicted octanol–water partition coefficient (Wildman–Crippen LogP) is 4.59. The minimum Gasteiger partial charge on any atom is -0.321 e. The molecule has 0 atom stereocenters. The zero-order valence-electron chi connectivity index (χ0n) is 15.3. The Bertz CT molecular complexity index is 840. The Balaban J connectivity index is 2.37. The standard InChI is InChI=1S/C20H25NO3S/c1-13(2)17-7-6-8-18(14(3)4)19(17)21-20(22)15-9-11-16(12-10-15)25(5,23)24/h6-14H,1-5H3,(H,21,22). The number of benzene rings is 2. The molecule has 1 amide bonds. The summed E-state index contributed by atoms with van der Waals surface area (Å²) in [6.07, 6.45) is 1.15. The number of hydrogen-bond acceptors (Lipinski definition) is 3. The van der Waals surface area contributed by atoms with E-state index in [1.807, 2.05) is 18.2 Å². The molecule has 0 aliphatic heterocycles. The lowest BCUT2D eigenvalue weighted by atomic mass is 9.92. The number of sulfone groups is 1. The van der Waals surface area contributed by atoms with Crippen LogP contribution in [0.3, 0.4) is 0 Å². The molecule has 0 spiro atoms. The smallest absolute Gasteiger partial charge is 0.255 e. The number of carbonyl (C=O) groups is 1. The summed E-state index contributed by atoms with van der Waals surface area (Å²) >= 11 is 0. The maximum absolute atomic E-state index is 12.7. The monoisotopic (exact) mass is 359 g/mol. The summed E-state index contributed by atoms with van der Waals surface area (Å²) in [6, 6.07) is 12.1. The summed E-state index contributed by atoms with van der Waals surface area (Å²) < 4.78 is 23.1. The maximum atomic E-state index is 12.7. The van der Waals surface area contributed by atoms with Crippen LogP contribution < -0.4 is 5.32 Å². The quantitative estimate of drug-likeness (QED) is 0.849. The summed E-state index contributed by atoms with van der Waals surface area (Å²) in [5, 5.41) is 3.03. The first-order valence-corrected chi connectivity index (χ1v) is 10.2. The lowest BCUT2D eigenvalue weighted by molar-refractivity contribution is 0.102. The molecule has 134 valence electrons. The first-order chi connectivity index (χ1) is 11.6. The molecule has 0 fully saturated rings. The minimum atomic E-state index is -3.27. The normalized spacial score (nSPS) is 11.8. The van der Waals surface area contributed by atoms with Gasteiger partial charge in [0.05, 0.1) is 4.90 Å². The molecule has 0 saturated carbocycles. The summed E-state index contributed by atoms with van der Waals surface area (Å²) in [7, 11) is -3.27. The number of anilines is 1. The van der Waals surface area contributed by atoms with Crippen LogP contribution in [-0.2, 0) is 9.84 Å². The largest absolute Gasteiger partial charge is 0.321 e. The lowest BCUT2D eigenvalue weighted by Gasteiger charge is -2.20. The third-order valence-electron chi connectivity index (χ3n) is 4.16. The van der Waals surface area contributed by atoms with Gasteiger partial charge in [0.2, 0.25) is 0 Å². The zero-order valence-corrected chi connectivity index (χ0v) is 16.1. The molecule has 1 N–H and O–H groups in total. The SMILES string of the molecule is CC(C)c1cccc(C(C)C)c1NC(=O)c1ccc(S(C)(=O)=O)cc1. The number of amides is 1. The fraction of sp³-hybridized carbons (Fsp3) is 0.350. The fourth-order valence-corrected chi connectivity index (χ4v) is 3.37. The van der Waals surface area contributed by atoms with Gasteiger partial charge in [-0.1, -0.05) is 45.9 Å². The van der Waals surface area contributed by atoms with Crippen LogP contribution in [-0.4, -0.2) is 20.6 Å². The predicted molar refractivity (Wildman–Crippen MR) is 102 cm³/mol. The molecule has 5 heteroatoms. The number of rotatable bonds is 5. The molecule has 2 rings (SSSR count). The van der Waals surface area contributed by atoms with Crippen LogP contribution in [0, 0.1) is 0 Å². The van der Waals surface area contributed by atoms with Crippen molar-refractivity contribution >= 4 is 21.4 Å². The molecular formula is C20H25NO3S. The van der Waals surface area contributed by atoms with Crippen molar-refractivity contribution in [3.05, 3.63) is 59.2 Å². The lowest BCUT2D eigenvalue weighted by Crippen LogP contribution is -2.16. The topological polar surface area (TPSA) is 63.2 Å². The molecule has 0 saturated heterocycles. The van der Waals surface area contributed by atoms with Gasteiger partial charge in [-0.15, -0.1) is 0 Å². The molecule has 4 nitrogen and oxygen atoms in total. The molecule has 0 heterocycles. The third kappa shape index (κ3) is 4.48. The summed E-state index contributed by atoms with van der Waals surface area (Å²) in [6.45, 7) is 8.37. The second-order valence-electron chi connectivity index (χ2n) is 6.87. The van der Waals surface area contributed by atoms with Gasteiger partial charge in [-0.3, -0.25) is 4.79 Å². The van der Waals surface area contributed by atoms with Crippen molar-refractivity contribution in [2.75, 3.05) is 11.6 Å². The summed E-state index contributed by atoms with van der Waals surface area (Å²) in [5.74, 6) is 0.318. The Morgan fingerprint density at radius 2 is 1.36 bits per heavy atom. The van der Waals surface area contributed by atoms with Crippen LogP contribution in [0.4, 0.5) is 5.69 Å². The highest BCUT2D eigenvalue weighted by molar-refractivity contribution is 7.90. The van der Waals surface area contributed by atoms with Crippen LogP contribution in [0.2, 0.25) is 0 Å². The van der Waals surface area contributed by atoms with E-state index in [2.05, 4.69) is 33.0 Å². The number of nitrogens with one attached hydrogen (secondary N) is 1. The first kappa shape index (κ1) is 19.2. The van der Waals surface area contributed by atoms with Gasteiger partial charge < -0.3 is 5.32 Å². The average molecular weight is 359 g/mol. The van der Waals surface area contributed by atoms with Gasteiger partial charge in [0.1, 0.15) is 0 Å². The number of carbonyl (C=O) groups excluding carboxylic acids is 1. The van der Waals surface area contributed by atoms with Crippen molar-refractivity contribution < 1.29 is 13.2 Å². The highest BCUT2D eigenvalue weighted by Crippen LogP contribution is 2.32. The fourth-order valence-electron chi connectivity index (χ4n) is 2.73. The van der Waals surface area contributed by atoms with E-state index in [0.29, 0.717) is 5.56 Å². The van der Waals surface area contributed by atoms with Gasteiger partial charge in [-0.2, -0.15) is 0 Å². The first-order valence-electron chi connectivity index (χ1n) is 8.35. The Morgan fingerprint density at radius 1 is 0.880 bits per heavy atom. The van der Waals surface area contributed by atoms with Crippen LogP contribution >= 0.6 is 0 Å². The molecular weight excluding hydrogens is 334 g/mol. The van der Waals surface area contributed by atoms with Gasteiger partial charge >= 0.3 is 0 Å². The molecule has 2 aromatic rings. The average Bonchev–Trinajstić information content (AvgIpc) is 2.53.